The van der Waals surface area contributed by atoms with Crippen LogP contribution in [0.1, 0.15) is 52.9 Å². The topological polar surface area (TPSA) is 41.5 Å². The molecule has 0 aliphatic heterocycles. The van der Waals surface area contributed by atoms with Gasteiger partial charge >= 0.3 is 0 Å². The first-order valence-electron chi connectivity index (χ1n) is 7.68. The van der Waals surface area contributed by atoms with Crippen LogP contribution in [0.25, 0.3) is 0 Å². The number of rotatable bonds is 9. The number of nitrogens with one attached hydrogen (secondary N) is 1. The third kappa shape index (κ3) is 5.25. The van der Waals surface area contributed by atoms with E-state index in [0.29, 0.717) is 19.2 Å². The van der Waals surface area contributed by atoms with Crippen molar-refractivity contribution < 1.29 is 9.84 Å². The first-order chi connectivity index (χ1) is 8.69. The lowest BCUT2D eigenvalue weighted by Crippen LogP contribution is -2.39. The van der Waals surface area contributed by atoms with Crippen molar-refractivity contribution in [2.75, 3.05) is 19.8 Å². The van der Waals surface area contributed by atoms with Gasteiger partial charge in [0.1, 0.15) is 0 Å². The van der Waals surface area contributed by atoms with E-state index >= 15 is 0 Å². The predicted octanol–water partition coefficient (Wildman–Crippen LogP) is 2.58. The lowest BCUT2D eigenvalue weighted by Gasteiger charge is -2.22. The van der Waals surface area contributed by atoms with E-state index < -0.39 is 0 Å². The molecule has 3 nitrogen and oxygen atoms in total. The minimum Gasteiger partial charge on any atom is -0.389 e. The van der Waals surface area contributed by atoms with Gasteiger partial charge in [-0.1, -0.05) is 33.6 Å². The molecule has 1 fully saturated rings. The van der Waals surface area contributed by atoms with Gasteiger partial charge in [0.25, 0.3) is 0 Å². The number of ether oxygens (including phenoxy) is 1. The Morgan fingerprint density at radius 2 is 2.11 bits per heavy atom. The molecule has 2 N–H and O–H groups in total. The maximum absolute atomic E-state index is 9.83. The van der Waals surface area contributed by atoms with Crippen LogP contribution < -0.4 is 5.32 Å². The van der Waals surface area contributed by atoms with Gasteiger partial charge in [-0.3, -0.25) is 0 Å². The van der Waals surface area contributed by atoms with Crippen molar-refractivity contribution in [3.05, 3.63) is 0 Å². The molecule has 18 heavy (non-hydrogen) atoms. The minimum absolute atomic E-state index is 0.366. The smallest absolute Gasteiger partial charge is 0.0897 e. The van der Waals surface area contributed by atoms with Gasteiger partial charge < -0.3 is 15.2 Å². The predicted molar refractivity (Wildman–Crippen MR) is 75.7 cm³/mol. The monoisotopic (exact) mass is 257 g/mol. The van der Waals surface area contributed by atoms with Gasteiger partial charge in [0.2, 0.25) is 0 Å². The van der Waals surface area contributed by atoms with Crippen molar-refractivity contribution in [2.24, 2.45) is 11.8 Å². The van der Waals surface area contributed by atoms with Crippen molar-refractivity contribution in [1.82, 2.24) is 5.32 Å². The van der Waals surface area contributed by atoms with Gasteiger partial charge in [0, 0.05) is 19.2 Å². The first kappa shape index (κ1) is 15.9. The molecule has 0 amide bonds. The summed E-state index contributed by atoms with van der Waals surface area (Å²) in [5, 5.41) is 13.3. The van der Waals surface area contributed by atoms with Crippen molar-refractivity contribution in [2.45, 2.75) is 65.0 Å². The van der Waals surface area contributed by atoms with E-state index in [1.165, 1.54) is 19.3 Å². The number of aliphatic hydroxyl groups is 1. The zero-order chi connectivity index (χ0) is 13.4. The zero-order valence-corrected chi connectivity index (χ0v) is 12.3. The van der Waals surface area contributed by atoms with Crippen LogP contribution in [0.5, 0.6) is 0 Å². The molecular formula is C15H31NO2. The van der Waals surface area contributed by atoms with Crippen LogP contribution in [0.3, 0.4) is 0 Å². The van der Waals surface area contributed by atoms with Gasteiger partial charge in [-0.05, 0) is 31.1 Å². The molecule has 108 valence electrons. The molecule has 1 rings (SSSR count). The minimum atomic E-state index is -0.366. The maximum Gasteiger partial charge on any atom is 0.0897 e. The summed E-state index contributed by atoms with van der Waals surface area (Å²) in [6, 6.07) is 0.584. The van der Waals surface area contributed by atoms with E-state index in [1.54, 1.807) is 0 Å². The molecule has 1 saturated carbocycles. The molecule has 4 unspecified atom stereocenters. The molecule has 0 aromatic heterocycles. The van der Waals surface area contributed by atoms with E-state index in [0.717, 1.165) is 31.3 Å². The molecular weight excluding hydrogens is 226 g/mol. The maximum atomic E-state index is 9.83. The molecule has 0 radical (unpaired) electrons. The molecule has 0 aromatic carbocycles. The summed E-state index contributed by atoms with van der Waals surface area (Å²) in [7, 11) is 0. The third-order valence-corrected chi connectivity index (χ3v) is 4.32. The second kappa shape index (κ2) is 8.89. The highest BCUT2D eigenvalue weighted by Gasteiger charge is 2.31. The Morgan fingerprint density at radius 3 is 2.72 bits per heavy atom. The van der Waals surface area contributed by atoms with Gasteiger partial charge in [-0.15, -0.1) is 0 Å². The van der Waals surface area contributed by atoms with Crippen molar-refractivity contribution in [3.8, 4) is 0 Å². The fourth-order valence-corrected chi connectivity index (χ4v) is 2.92. The molecule has 1 aliphatic carbocycles. The van der Waals surface area contributed by atoms with Crippen molar-refractivity contribution >= 4 is 0 Å². The molecule has 0 spiro atoms. The van der Waals surface area contributed by atoms with E-state index in [4.69, 9.17) is 4.74 Å². The van der Waals surface area contributed by atoms with Gasteiger partial charge in [-0.25, -0.2) is 0 Å². The highest BCUT2D eigenvalue weighted by Crippen LogP contribution is 2.33. The summed E-state index contributed by atoms with van der Waals surface area (Å²) < 4.78 is 5.43. The standard InChI is InChI=1S/C15H31NO2/c1-4-6-9-18-11-14(17)10-16-15-8-7-13(5-2)12(15)3/h12-17H,4-11H2,1-3H3. The van der Waals surface area contributed by atoms with Crippen LogP contribution >= 0.6 is 0 Å². The summed E-state index contributed by atoms with van der Waals surface area (Å²) in [6.45, 7) is 8.66. The summed E-state index contributed by atoms with van der Waals surface area (Å²) in [4.78, 5) is 0. The Kier molecular flexibility index (Phi) is 7.87. The average Bonchev–Trinajstić information content (AvgIpc) is 2.73. The van der Waals surface area contributed by atoms with Crippen LogP contribution in [0, 0.1) is 11.8 Å². The molecule has 4 atom stereocenters. The van der Waals surface area contributed by atoms with Gasteiger partial charge in [0.05, 0.1) is 12.7 Å². The van der Waals surface area contributed by atoms with Crippen LogP contribution in [0.2, 0.25) is 0 Å². The van der Waals surface area contributed by atoms with E-state index in [-0.39, 0.29) is 6.10 Å². The Labute approximate surface area is 112 Å². The normalized spacial score (nSPS) is 29.7. The third-order valence-electron chi connectivity index (χ3n) is 4.32. The second-order valence-electron chi connectivity index (χ2n) is 5.70. The highest BCUT2D eigenvalue weighted by atomic mass is 16.5. The second-order valence-corrected chi connectivity index (χ2v) is 5.70. The average molecular weight is 257 g/mol. The summed E-state index contributed by atoms with van der Waals surface area (Å²) >= 11 is 0. The fraction of sp³-hybridized carbons (Fsp3) is 1.00. The van der Waals surface area contributed by atoms with Crippen LogP contribution in [-0.4, -0.2) is 37.0 Å². The molecule has 3 heteroatoms. The number of aliphatic hydroxyl groups excluding tert-OH is 1. The van der Waals surface area contributed by atoms with E-state index in [1.807, 2.05) is 0 Å². The lowest BCUT2D eigenvalue weighted by atomic mass is 9.93. The number of unbranched alkanes of at least 4 members (excludes halogenated alkanes) is 1. The van der Waals surface area contributed by atoms with Crippen molar-refractivity contribution in [1.29, 1.82) is 0 Å². The quantitative estimate of drug-likeness (QED) is 0.624. The van der Waals surface area contributed by atoms with E-state index in [9.17, 15) is 5.11 Å². The van der Waals surface area contributed by atoms with E-state index in [2.05, 4.69) is 26.1 Å². The fourth-order valence-electron chi connectivity index (χ4n) is 2.92. The Bertz CT molecular complexity index is 211. The first-order valence-corrected chi connectivity index (χ1v) is 7.68. The SMILES string of the molecule is CCCCOCC(O)CNC1CCC(CC)C1C. The molecule has 0 heterocycles. The number of hydrogen-bond acceptors (Lipinski definition) is 3. The van der Waals surface area contributed by atoms with Crippen LogP contribution in [0.15, 0.2) is 0 Å². The summed E-state index contributed by atoms with van der Waals surface area (Å²) in [6.07, 6.45) is 5.73. The molecule has 0 bridgehead atoms. The van der Waals surface area contributed by atoms with Crippen molar-refractivity contribution in [3.63, 3.8) is 0 Å². The molecule has 0 saturated heterocycles. The number of hydrogen-bond donors (Lipinski definition) is 2. The highest BCUT2D eigenvalue weighted by molar-refractivity contribution is 4.86. The van der Waals surface area contributed by atoms with Crippen LogP contribution in [0.4, 0.5) is 0 Å². The van der Waals surface area contributed by atoms with Gasteiger partial charge in [0.15, 0.2) is 0 Å². The Hall–Kier alpha value is -0.120. The van der Waals surface area contributed by atoms with Gasteiger partial charge in [-0.2, -0.15) is 0 Å². The van der Waals surface area contributed by atoms with Crippen LogP contribution in [-0.2, 0) is 4.74 Å². The Morgan fingerprint density at radius 1 is 1.33 bits per heavy atom. The molecule has 0 aromatic rings. The largest absolute Gasteiger partial charge is 0.389 e. The Balaban J connectivity index is 2.09. The summed E-state index contributed by atoms with van der Waals surface area (Å²) in [5.74, 6) is 1.60. The molecule has 1 aliphatic rings. The zero-order valence-electron chi connectivity index (χ0n) is 12.3. The summed E-state index contributed by atoms with van der Waals surface area (Å²) in [5.41, 5.74) is 0. The lowest BCUT2D eigenvalue weighted by molar-refractivity contribution is 0.0339.